The monoisotopic (exact) mass is 333 g/mol. The lowest BCUT2D eigenvalue weighted by Crippen LogP contribution is -2.31. The van der Waals surface area contributed by atoms with Crippen molar-refractivity contribution in [1.82, 2.24) is 4.72 Å². The highest BCUT2D eigenvalue weighted by molar-refractivity contribution is 7.90. The highest BCUT2D eigenvalue weighted by Crippen LogP contribution is 2.13. The molecule has 0 saturated carbocycles. The van der Waals surface area contributed by atoms with Crippen LogP contribution in [0.5, 0.6) is 0 Å². The van der Waals surface area contributed by atoms with Crippen LogP contribution < -0.4 is 4.72 Å². The Balaban J connectivity index is 2.30. The maximum absolute atomic E-state index is 12.3. The van der Waals surface area contributed by atoms with Gasteiger partial charge in [-0.1, -0.05) is 30.3 Å². The van der Waals surface area contributed by atoms with E-state index in [9.17, 15) is 18.0 Å². The van der Waals surface area contributed by atoms with Crippen LogP contribution in [-0.2, 0) is 14.8 Å². The van der Waals surface area contributed by atoms with E-state index in [2.05, 4.69) is 0 Å². The summed E-state index contributed by atoms with van der Waals surface area (Å²) < 4.78 is 31.2. The molecule has 0 heterocycles. The summed E-state index contributed by atoms with van der Waals surface area (Å²) in [6.07, 6.45) is 0. The van der Waals surface area contributed by atoms with E-state index in [1.54, 1.807) is 31.2 Å². The maximum Gasteiger partial charge on any atom is 0.338 e. The van der Waals surface area contributed by atoms with Gasteiger partial charge < -0.3 is 4.74 Å². The Morgan fingerprint density at radius 2 is 1.52 bits per heavy atom. The van der Waals surface area contributed by atoms with Crippen molar-refractivity contribution in [1.29, 1.82) is 0 Å². The zero-order valence-corrected chi connectivity index (χ0v) is 13.2. The molecule has 2 rings (SSSR count). The molecule has 0 bridgehead atoms. The molecule has 0 radical (unpaired) electrons. The van der Waals surface area contributed by atoms with E-state index in [1.165, 1.54) is 30.3 Å². The highest BCUT2D eigenvalue weighted by Gasteiger charge is 2.22. The summed E-state index contributed by atoms with van der Waals surface area (Å²) in [5, 5.41) is 0. The number of esters is 1. The summed E-state index contributed by atoms with van der Waals surface area (Å²) in [5.41, 5.74) is -0.0550. The first-order valence-corrected chi connectivity index (χ1v) is 8.32. The lowest BCUT2D eigenvalue weighted by Gasteiger charge is -2.10. The topological polar surface area (TPSA) is 89.5 Å². The maximum atomic E-state index is 12.3. The van der Waals surface area contributed by atoms with Crippen molar-refractivity contribution in [2.45, 2.75) is 11.8 Å². The van der Waals surface area contributed by atoms with Crippen LogP contribution in [0.1, 0.15) is 27.6 Å². The van der Waals surface area contributed by atoms with E-state index in [4.69, 9.17) is 4.74 Å². The lowest BCUT2D eigenvalue weighted by molar-refractivity contribution is 0.0523. The summed E-state index contributed by atoms with van der Waals surface area (Å²) in [5.74, 6) is -1.58. The van der Waals surface area contributed by atoms with Gasteiger partial charge in [0, 0.05) is 0 Å². The van der Waals surface area contributed by atoms with Gasteiger partial charge in [0.25, 0.3) is 15.9 Å². The largest absolute Gasteiger partial charge is 0.462 e. The van der Waals surface area contributed by atoms with Crippen molar-refractivity contribution in [3.8, 4) is 0 Å². The molecule has 0 unspecified atom stereocenters. The SMILES string of the molecule is CCOC(=O)c1ccccc1C(=O)NS(=O)(=O)c1ccccc1. The van der Waals surface area contributed by atoms with Crippen LogP contribution in [0.25, 0.3) is 0 Å². The van der Waals surface area contributed by atoms with Gasteiger partial charge >= 0.3 is 5.97 Å². The standard InChI is InChI=1S/C16H15NO5S/c1-2-22-16(19)14-11-7-6-10-13(14)15(18)17-23(20,21)12-8-4-3-5-9-12/h3-11H,2H2,1H3,(H,17,18). The normalized spacial score (nSPS) is 10.8. The van der Waals surface area contributed by atoms with Gasteiger partial charge in [0.15, 0.2) is 0 Å². The number of amides is 1. The third-order valence-corrected chi connectivity index (χ3v) is 4.29. The molecule has 120 valence electrons. The third-order valence-electron chi connectivity index (χ3n) is 2.95. The molecule has 0 aromatic heterocycles. The molecule has 0 aliphatic heterocycles. The summed E-state index contributed by atoms with van der Waals surface area (Å²) in [6.45, 7) is 1.79. The van der Waals surface area contributed by atoms with Crippen molar-refractivity contribution in [2.75, 3.05) is 6.61 Å². The number of sulfonamides is 1. The average molecular weight is 333 g/mol. The minimum atomic E-state index is -4.01. The number of hydrogen-bond donors (Lipinski definition) is 1. The first-order chi connectivity index (χ1) is 11.0. The van der Waals surface area contributed by atoms with Gasteiger partial charge in [-0.05, 0) is 31.2 Å². The van der Waals surface area contributed by atoms with Crippen molar-refractivity contribution in [3.05, 3.63) is 65.7 Å². The van der Waals surface area contributed by atoms with Gasteiger partial charge in [0.2, 0.25) is 0 Å². The number of nitrogens with one attached hydrogen (secondary N) is 1. The van der Waals surface area contributed by atoms with Crippen LogP contribution in [0.3, 0.4) is 0 Å². The molecule has 0 aliphatic carbocycles. The predicted molar refractivity (Wildman–Crippen MR) is 83.5 cm³/mol. The quantitative estimate of drug-likeness (QED) is 0.845. The summed E-state index contributed by atoms with van der Waals surface area (Å²) in [6, 6.07) is 13.4. The molecule has 0 atom stereocenters. The molecule has 1 N–H and O–H groups in total. The highest BCUT2D eigenvalue weighted by atomic mass is 32.2. The molecule has 23 heavy (non-hydrogen) atoms. The van der Waals surface area contributed by atoms with E-state index >= 15 is 0 Å². The first kappa shape index (κ1) is 16.7. The van der Waals surface area contributed by atoms with E-state index < -0.39 is 21.9 Å². The van der Waals surface area contributed by atoms with Crippen LogP contribution in [-0.4, -0.2) is 26.9 Å². The van der Waals surface area contributed by atoms with E-state index in [0.717, 1.165) is 0 Å². The van der Waals surface area contributed by atoms with E-state index in [1.807, 2.05) is 4.72 Å². The lowest BCUT2D eigenvalue weighted by atomic mass is 10.1. The Hall–Kier alpha value is -2.67. The second-order valence-electron chi connectivity index (χ2n) is 4.51. The molecular weight excluding hydrogens is 318 g/mol. The Morgan fingerprint density at radius 3 is 2.13 bits per heavy atom. The van der Waals surface area contributed by atoms with Crippen LogP contribution in [0.2, 0.25) is 0 Å². The second-order valence-corrected chi connectivity index (χ2v) is 6.20. The Labute approximate surface area is 134 Å². The molecular formula is C16H15NO5S. The number of rotatable bonds is 5. The van der Waals surface area contributed by atoms with Crippen LogP contribution >= 0.6 is 0 Å². The smallest absolute Gasteiger partial charge is 0.338 e. The Kier molecular flexibility index (Phi) is 5.13. The molecule has 0 fully saturated rings. The fourth-order valence-corrected chi connectivity index (χ4v) is 2.89. The van der Waals surface area contributed by atoms with Gasteiger partial charge in [0.05, 0.1) is 22.6 Å². The van der Waals surface area contributed by atoms with Crippen molar-refractivity contribution in [2.24, 2.45) is 0 Å². The fraction of sp³-hybridized carbons (Fsp3) is 0.125. The van der Waals surface area contributed by atoms with Crippen LogP contribution in [0, 0.1) is 0 Å². The number of carbonyl (C=O) groups excluding carboxylic acids is 2. The molecule has 0 aliphatic rings. The molecule has 0 spiro atoms. The molecule has 0 saturated heterocycles. The van der Waals surface area contributed by atoms with Crippen LogP contribution in [0.15, 0.2) is 59.5 Å². The van der Waals surface area contributed by atoms with Gasteiger partial charge in [-0.25, -0.2) is 17.9 Å². The number of ether oxygens (including phenoxy) is 1. The van der Waals surface area contributed by atoms with Gasteiger partial charge in [-0.3, -0.25) is 4.79 Å². The van der Waals surface area contributed by atoms with Crippen molar-refractivity contribution >= 4 is 21.9 Å². The van der Waals surface area contributed by atoms with Crippen molar-refractivity contribution < 1.29 is 22.7 Å². The Morgan fingerprint density at radius 1 is 0.957 bits per heavy atom. The second kappa shape index (κ2) is 7.06. The zero-order chi connectivity index (χ0) is 16.9. The zero-order valence-electron chi connectivity index (χ0n) is 12.4. The molecule has 6 nitrogen and oxygen atoms in total. The predicted octanol–water partition coefficient (Wildman–Crippen LogP) is 1.98. The molecule has 2 aromatic carbocycles. The summed E-state index contributed by atoms with van der Waals surface area (Å²) in [4.78, 5) is 24.1. The van der Waals surface area contributed by atoms with Gasteiger partial charge in [-0.15, -0.1) is 0 Å². The third kappa shape index (κ3) is 3.95. The summed E-state index contributed by atoms with van der Waals surface area (Å²) >= 11 is 0. The molecule has 2 aromatic rings. The molecule has 1 amide bonds. The summed E-state index contributed by atoms with van der Waals surface area (Å²) in [7, 11) is -4.01. The number of hydrogen-bond acceptors (Lipinski definition) is 5. The Bertz CT molecular complexity index is 815. The minimum Gasteiger partial charge on any atom is -0.462 e. The minimum absolute atomic E-state index is 0.00936. The van der Waals surface area contributed by atoms with Crippen molar-refractivity contribution in [3.63, 3.8) is 0 Å². The number of carbonyl (C=O) groups is 2. The van der Waals surface area contributed by atoms with Crippen LogP contribution in [0.4, 0.5) is 0 Å². The fourth-order valence-electron chi connectivity index (χ4n) is 1.90. The first-order valence-electron chi connectivity index (χ1n) is 6.84. The van der Waals surface area contributed by atoms with Gasteiger partial charge in [0.1, 0.15) is 0 Å². The average Bonchev–Trinajstić information content (AvgIpc) is 2.55. The number of benzene rings is 2. The van der Waals surface area contributed by atoms with E-state index in [0.29, 0.717) is 0 Å². The van der Waals surface area contributed by atoms with Gasteiger partial charge in [-0.2, -0.15) is 0 Å². The van der Waals surface area contributed by atoms with E-state index in [-0.39, 0.29) is 22.6 Å². The molecule has 7 heteroatoms.